The Morgan fingerprint density at radius 1 is 1.09 bits per heavy atom. The van der Waals surface area contributed by atoms with Crippen molar-refractivity contribution in [2.24, 2.45) is 0 Å². The Balaban J connectivity index is 1.30. The molecule has 1 fully saturated rings. The molecule has 166 valence electrons. The lowest BCUT2D eigenvalue weighted by atomic mass is 10.1. The minimum absolute atomic E-state index is 0.0273. The van der Waals surface area contributed by atoms with Gasteiger partial charge >= 0.3 is 0 Å². The van der Waals surface area contributed by atoms with Crippen LogP contribution in [0.2, 0.25) is 0 Å². The molecule has 6 rings (SSSR count). The summed E-state index contributed by atoms with van der Waals surface area (Å²) in [6.07, 6.45) is 5.45. The fourth-order valence-corrected chi connectivity index (χ4v) is 4.22. The molecule has 1 aliphatic carbocycles. The van der Waals surface area contributed by atoms with Crippen LogP contribution in [0.3, 0.4) is 0 Å². The molecule has 1 amide bonds. The number of benzene rings is 2. The van der Waals surface area contributed by atoms with Crippen LogP contribution in [-0.2, 0) is 17.9 Å². The van der Waals surface area contributed by atoms with Crippen molar-refractivity contribution in [2.75, 3.05) is 6.79 Å². The van der Waals surface area contributed by atoms with Crippen molar-refractivity contribution in [3.63, 3.8) is 0 Å². The third-order valence-electron chi connectivity index (χ3n) is 6.07. The van der Waals surface area contributed by atoms with E-state index in [1.54, 1.807) is 15.5 Å². The predicted octanol–water partition coefficient (Wildman–Crippen LogP) is 3.25. The Hall–Kier alpha value is -4.07. The van der Waals surface area contributed by atoms with Gasteiger partial charge < -0.3 is 19.4 Å². The van der Waals surface area contributed by atoms with E-state index >= 15 is 0 Å². The average Bonchev–Trinajstić information content (AvgIpc) is 3.45. The lowest BCUT2D eigenvalue weighted by Crippen LogP contribution is -2.28. The number of carbonyl (C=O) groups is 1. The molecule has 0 spiro atoms. The maximum absolute atomic E-state index is 13.3. The fourth-order valence-electron chi connectivity index (χ4n) is 4.22. The fraction of sp³-hybridized carbons (Fsp3) is 0.240. The van der Waals surface area contributed by atoms with Crippen LogP contribution >= 0.6 is 0 Å². The SMILES string of the molecule is O=C(Cn1cc(-c2ccccc2)c2ncn(C3CC3)c(=O)c21)NCc1ccc2c(c1)OCO2. The minimum Gasteiger partial charge on any atom is -0.454 e. The summed E-state index contributed by atoms with van der Waals surface area (Å²) in [5.74, 6) is 1.19. The first kappa shape index (κ1) is 19.6. The summed E-state index contributed by atoms with van der Waals surface area (Å²) in [5, 5.41) is 2.94. The highest BCUT2D eigenvalue weighted by Gasteiger charge is 2.27. The number of hydrogen-bond acceptors (Lipinski definition) is 5. The van der Waals surface area contributed by atoms with E-state index in [4.69, 9.17) is 9.47 Å². The van der Waals surface area contributed by atoms with Crippen molar-refractivity contribution in [2.45, 2.75) is 32.0 Å². The van der Waals surface area contributed by atoms with Crippen LogP contribution in [0, 0.1) is 0 Å². The van der Waals surface area contributed by atoms with Crippen LogP contribution in [-0.4, -0.2) is 26.8 Å². The Morgan fingerprint density at radius 3 is 2.73 bits per heavy atom. The number of hydrogen-bond donors (Lipinski definition) is 1. The highest BCUT2D eigenvalue weighted by Crippen LogP contribution is 2.35. The summed E-state index contributed by atoms with van der Waals surface area (Å²) in [4.78, 5) is 30.7. The van der Waals surface area contributed by atoms with E-state index < -0.39 is 0 Å². The minimum atomic E-state index is -0.189. The van der Waals surface area contributed by atoms with Crippen LogP contribution in [0.1, 0.15) is 24.4 Å². The van der Waals surface area contributed by atoms with Crippen molar-refractivity contribution in [3.05, 3.63) is 77.0 Å². The van der Waals surface area contributed by atoms with Crippen LogP contribution in [0.4, 0.5) is 0 Å². The molecule has 3 heterocycles. The van der Waals surface area contributed by atoms with Gasteiger partial charge in [-0.2, -0.15) is 0 Å². The summed E-state index contributed by atoms with van der Waals surface area (Å²) < 4.78 is 14.1. The first-order valence-corrected chi connectivity index (χ1v) is 11.0. The van der Waals surface area contributed by atoms with Gasteiger partial charge in [-0.3, -0.25) is 14.2 Å². The smallest absolute Gasteiger partial charge is 0.278 e. The van der Waals surface area contributed by atoms with Crippen LogP contribution in [0.15, 0.2) is 65.8 Å². The zero-order chi connectivity index (χ0) is 22.4. The molecular weight excluding hydrogens is 420 g/mol. The van der Waals surface area contributed by atoms with Gasteiger partial charge in [0.1, 0.15) is 17.6 Å². The van der Waals surface area contributed by atoms with Crippen LogP contribution in [0.5, 0.6) is 11.5 Å². The topological polar surface area (TPSA) is 87.4 Å². The highest BCUT2D eigenvalue weighted by molar-refractivity contribution is 5.93. The molecule has 8 nitrogen and oxygen atoms in total. The summed E-state index contributed by atoms with van der Waals surface area (Å²) in [5.41, 5.74) is 3.68. The predicted molar refractivity (Wildman–Crippen MR) is 122 cm³/mol. The third kappa shape index (κ3) is 3.63. The van der Waals surface area contributed by atoms with E-state index in [0.717, 1.165) is 29.5 Å². The Bertz CT molecular complexity index is 1420. The molecular formula is C25H22N4O4. The molecule has 1 N–H and O–H groups in total. The van der Waals surface area contributed by atoms with Gasteiger partial charge in [0.2, 0.25) is 12.7 Å². The Morgan fingerprint density at radius 2 is 1.91 bits per heavy atom. The van der Waals surface area contributed by atoms with Gasteiger partial charge in [-0.15, -0.1) is 0 Å². The van der Waals surface area contributed by atoms with Crippen LogP contribution in [0.25, 0.3) is 22.2 Å². The van der Waals surface area contributed by atoms with E-state index in [0.29, 0.717) is 29.1 Å². The van der Waals surface area contributed by atoms with E-state index in [-0.39, 0.29) is 30.8 Å². The lowest BCUT2D eigenvalue weighted by Gasteiger charge is -2.09. The number of fused-ring (bicyclic) bond motifs is 2. The molecule has 2 aliphatic rings. The second-order valence-electron chi connectivity index (χ2n) is 8.39. The third-order valence-corrected chi connectivity index (χ3v) is 6.07. The van der Waals surface area contributed by atoms with Crippen molar-refractivity contribution in [1.82, 2.24) is 19.4 Å². The molecule has 1 aliphatic heterocycles. The Labute approximate surface area is 189 Å². The number of amides is 1. The molecule has 0 atom stereocenters. The average molecular weight is 442 g/mol. The first-order valence-electron chi connectivity index (χ1n) is 11.0. The monoisotopic (exact) mass is 442 g/mol. The molecule has 1 saturated carbocycles. The van der Waals surface area contributed by atoms with Crippen molar-refractivity contribution in [1.29, 1.82) is 0 Å². The number of nitrogens with zero attached hydrogens (tertiary/aromatic N) is 3. The van der Waals surface area contributed by atoms with Gasteiger partial charge in [0.25, 0.3) is 5.56 Å². The van der Waals surface area contributed by atoms with Gasteiger partial charge in [0.05, 0.1) is 6.33 Å². The molecule has 2 aromatic carbocycles. The first-order chi connectivity index (χ1) is 16.2. The Kier molecular flexibility index (Phi) is 4.64. The van der Waals surface area contributed by atoms with Crippen molar-refractivity contribution >= 4 is 16.9 Å². The molecule has 33 heavy (non-hydrogen) atoms. The quantitative estimate of drug-likeness (QED) is 0.495. The number of rotatable bonds is 6. The molecule has 0 unspecified atom stereocenters. The summed E-state index contributed by atoms with van der Waals surface area (Å²) >= 11 is 0. The molecule has 2 aromatic heterocycles. The van der Waals surface area contributed by atoms with E-state index in [2.05, 4.69) is 10.3 Å². The van der Waals surface area contributed by atoms with E-state index in [1.807, 2.05) is 54.7 Å². The van der Waals surface area contributed by atoms with Crippen molar-refractivity contribution in [3.8, 4) is 22.6 Å². The molecule has 0 saturated heterocycles. The number of nitrogens with one attached hydrogen (secondary N) is 1. The molecule has 4 aromatic rings. The van der Waals surface area contributed by atoms with Crippen molar-refractivity contribution < 1.29 is 14.3 Å². The second kappa shape index (κ2) is 7.81. The second-order valence-corrected chi connectivity index (χ2v) is 8.39. The molecule has 8 heteroatoms. The molecule has 0 bridgehead atoms. The van der Waals surface area contributed by atoms with Gasteiger partial charge in [-0.05, 0) is 36.1 Å². The van der Waals surface area contributed by atoms with Gasteiger partial charge in [0, 0.05) is 24.3 Å². The number of aromatic nitrogens is 3. The van der Waals surface area contributed by atoms with Gasteiger partial charge in [-0.1, -0.05) is 36.4 Å². The normalized spacial score (nSPS) is 14.5. The zero-order valence-electron chi connectivity index (χ0n) is 17.9. The summed E-state index contributed by atoms with van der Waals surface area (Å²) in [6, 6.07) is 15.6. The maximum atomic E-state index is 13.3. The number of ether oxygens (including phenoxy) is 2. The summed E-state index contributed by atoms with van der Waals surface area (Å²) in [7, 11) is 0. The van der Waals surface area contributed by atoms with Gasteiger partial charge in [-0.25, -0.2) is 4.98 Å². The number of carbonyl (C=O) groups excluding carboxylic acids is 1. The maximum Gasteiger partial charge on any atom is 0.278 e. The standard InChI is InChI=1S/C25H22N4O4/c30-22(26-11-16-6-9-20-21(10-16)33-15-32-20)13-28-12-19(17-4-2-1-3-5-17)23-24(28)25(31)29(14-27-23)18-7-8-18/h1-6,9-10,12,14,18H,7-8,11,13,15H2,(H,26,30). The van der Waals surface area contributed by atoms with Crippen LogP contribution < -0.4 is 20.3 Å². The zero-order valence-corrected chi connectivity index (χ0v) is 17.9. The lowest BCUT2D eigenvalue weighted by molar-refractivity contribution is -0.121. The largest absolute Gasteiger partial charge is 0.454 e. The van der Waals surface area contributed by atoms with E-state index in [1.165, 1.54) is 0 Å². The van der Waals surface area contributed by atoms with Gasteiger partial charge in [0.15, 0.2) is 11.5 Å². The highest BCUT2D eigenvalue weighted by atomic mass is 16.7. The van der Waals surface area contributed by atoms with E-state index in [9.17, 15) is 9.59 Å². The summed E-state index contributed by atoms with van der Waals surface area (Å²) in [6.45, 7) is 0.590. The molecule has 0 radical (unpaired) electrons.